The van der Waals surface area contributed by atoms with Crippen LogP contribution >= 0.6 is 11.3 Å². The summed E-state index contributed by atoms with van der Waals surface area (Å²) in [6.45, 7) is 0. The molecule has 0 bridgehead atoms. The summed E-state index contributed by atoms with van der Waals surface area (Å²) in [4.78, 5) is 20.7. The molecule has 12 rings (SSSR count). The molecule has 0 spiro atoms. The topological polar surface area (TPSA) is 69.6 Å². The highest BCUT2D eigenvalue weighted by Crippen LogP contribution is 2.42. The first kappa shape index (κ1) is 33.4. The lowest BCUT2D eigenvalue weighted by atomic mass is 10.0. The molecule has 4 heterocycles. The number of hydrogen-bond acceptors (Lipinski definition) is 6. The maximum atomic E-state index is 6.53. The molecule has 8 aromatic carbocycles. The number of benzene rings is 8. The monoisotopic (exact) mass is 773 g/mol. The molecular formula is C52H31N5OS. The first-order valence-electron chi connectivity index (χ1n) is 19.5. The van der Waals surface area contributed by atoms with Crippen LogP contribution in [0.4, 0.5) is 0 Å². The van der Waals surface area contributed by atoms with Crippen LogP contribution in [0.25, 0.3) is 116 Å². The highest BCUT2D eigenvalue weighted by atomic mass is 32.1. The number of thiazole rings is 1. The summed E-state index contributed by atoms with van der Waals surface area (Å²) in [5.74, 6) is 1.79. The maximum absolute atomic E-state index is 6.53. The first-order chi connectivity index (χ1) is 29.2. The van der Waals surface area contributed by atoms with Gasteiger partial charge in [-0.3, -0.25) is 0 Å². The molecule has 0 fully saturated rings. The molecule has 12 aromatic rings. The van der Waals surface area contributed by atoms with Gasteiger partial charge in [-0.2, -0.15) is 0 Å². The minimum atomic E-state index is 0.580. The van der Waals surface area contributed by atoms with Crippen molar-refractivity contribution in [1.29, 1.82) is 0 Å². The summed E-state index contributed by atoms with van der Waals surface area (Å²) in [5, 5.41) is 5.20. The van der Waals surface area contributed by atoms with Crippen LogP contribution < -0.4 is 0 Å². The van der Waals surface area contributed by atoms with E-state index in [0.717, 1.165) is 98.0 Å². The van der Waals surface area contributed by atoms with Gasteiger partial charge in [0.1, 0.15) is 16.2 Å². The van der Waals surface area contributed by atoms with Gasteiger partial charge in [-0.1, -0.05) is 133 Å². The average Bonchev–Trinajstić information content (AvgIpc) is 4.01. The van der Waals surface area contributed by atoms with E-state index in [1.54, 1.807) is 11.3 Å². The molecular weight excluding hydrogens is 743 g/mol. The molecule has 0 aliphatic heterocycles. The molecule has 0 radical (unpaired) electrons. The lowest BCUT2D eigenvalue weighted by Crippen LogP contribution is -2.01. The summed E-state index contributed by atoms with van der Waals surface area (Å²) in [6.07, 6.45) is 0. The highest BCUT2D eigenvalue weighted by Gasteiger charge is 2.22. The number of hydrogen-bond donors (Lipinski definition) is 0. The fourth-order valence-corrected chi connectivity index (χ4v) is 9.41. The Kier molecular flexibility index (Phi) is 7.61. The van der Waals surface area contributed by atoms with Gasteiger partial charge < -0.3 is 8.98 Å². The fourth-order valence-electron chi connectivity index (χ4n) is 8.40. The third-order valence-corrected chi connectivity index (χ3v) is 12.2. The first-order valence-corrected chi connectivity index (χ1v) is 20.4. The normalized spacial score (nSPS) is 11.7. The van der Waals surface area contributed by atoms with Crippen molar-refractivity contribution in [2.75, 3.05) is 0 Å². The van der Waals surface area contributed by atoms with Crippen molar-refractivity contribution in [3.8, 4) is 61.5 Å². The van der Waals surface area contributed by atoms with Crippen molar-refractivity contribution < 1.29 is 4.42 Å². The van der Waals surface area contributed by atoms with Crippen LogP contribution in [0.2, 0.25) is 0 Å². The second-order valence-corrected chi connectivity index (χ2v) is 15.6. The van der Waals surface area contributed by atoms with Crippen LogP contribution in [-0.4, -0.2) is 24.5 Å². The number of aromatic nitrogens is 5. The fraction of sp³-hybridized carbons (Fsp3) is 0. The summed E-state index contributed by atoms with van der Waals surface area (Å²) in [5.41, 5.74) is 11.9. The van der Waals surface area contributed by atoms with E-state index in [1.807, 2.05) is 54.6 Å². The van der Waals surface area contributed by atoms with E-state index in [2.05, 4.69) is 138 Å². The van der Waals surface area contributed by atoms with Gasteiger partial charge in [0.2, 0.25) is 0 Å². The Morgan fingerprint density at radius 2 is 1.03 bits per heavy atom. The largest absolute Gasteiger partial charge is 0.456 e. The van der Waals surface area contributed by atoms with Gasteiger partial charge >= 0.3 is 0 Å². The van der Waals surface area contributed by atoms with E-state index in [0.29, 0.717) is 17.5 Å². The van der Waals surface area contributed by atoms with Crippen LogP contribution in [0.5, 0.6) is 0 Å². The maximum Gasteiger partial charge on any atom is 0.164 e. The van der Waals surface area contributed by atoms with Gasteiger partial charge in [0, 0.05) is 49.5 Å². The van der Waals surface area contributed by atoms with Crippen molar-refractivity contribution in [1.82, 2.24) is 24.5 Å². The number of fused-ring (bicyclic) bond motifs is 7. The number of para-hydroxylation sites is 2. The van der Waals surface area contributed by atoms with Crippen molar-refractivity contribution in [2.45, 2.75) is 0 Å². The van der Waals surface area contributed by atoms with E-state index >= 15 is 0 Å². The van der Waals surface area contributed by atoms with Crippen molar-refractivity contribution in [2.24, 2.45) is 0 Å². The average molecular weight is 774 g/mol. The Morgan fingerprint density at radius 1 is 0.407 bits per heavy atom. The van der Waals surface area contributed by atoms with E-state index in [-0.39, 0.29) is 0 Å². The predicted octanol–water partition coefficient (Wildman–Crippen LogP) is 13.8. The van der Waals surface area contributed by atoms with Crippen molar-refractivity contribution in [3.05, 3.63) is 188 Å². The van der Waals surface area contributed by atoms with E-state index in [9.17, 15) is 0 Å². The van der Waals surface area contributed by atoms with E-state index < -0.39 is 0 Å². The molecule has 0 aliphatic rings. The van der Waals surface area contributed by atoms with Crippen molar-refractivity contribution >= 4 is 65.3 Å². The van der Waals surface area contributed by atoms with Gasteiger partial charge in [0.25, 0.3) is 0 Å². The Bertz CT molecular complexity index is 3550. The SMILES string of the molecule is c1ccc(-c2nc(-c3cccc4oc5ccc(-c6ccc7nc(-c8ccccc8)sc7c6)cc5c34)nc(-c3cccc4c3c3ccccc3n4-c3ccccc3)n2)cc1. The molecule has 0 unspecified atom stereocenters. The number of nitrogens with zero attached hydrogens (tertiary/aromatic N) is 5. The molecule has 0 aliphatic carbocycles. The Balaban J connectivity index is 1.05. The molecule has 0 atom stereocenters. The van der Waals surface area contributed by atoms with Crippen LogP contribution in [0.3, 0.4) is 0 Å². The van der Waals surface area contributed by atoms with E-state index in [4.69, 9.17) is 24.4 Å². The van der Waals surface area contributed by atoms with Crippen molar-refractivity contribution in [3.63, 3.8) is 0 Å². The second kappa shape index (κ2) is 13.4. The number of furan rings is 1. The quantitative estimate of drug-likeness (QED) is 0.168. The molecule has 59 heavy (non-hydrogen) atoms. The van der Waals surface area contributed by atoms with Gasteiger partial charge in [0.05, 0.1) is 21.3 Å². The molecule has 6 nitrogen and oxygen atoms in total. The summed E-state index contributed by atoms with van der Waals surface area (Å²) in [6, 6.07) is 65.0. The minimum absolute atomic E-state index is 0.580. The lowest BCUT2D eigenvalue weighted by molar-refractivity contribution is 0.669. The van der Waals surface area contributed by atoms with Gasteiger partial charge in [-0.15, -0.1) is 11.3 Å². The van der Waals surface area contributed by atoms with Gasteiger partial charge in [-0.25, -0.2) is 19.9 Å². The molecule has 0 saturated carbocycles. The summed E-state index contributed by atoms with van der Waals surface area (Å²) >= 11 is 1.71. The zero-order valence-electron chi connectivity index (χ0n) is 31.5. The van der Waals surface area contributed by atoms with E-state index in [1.165, 1.54) is 0 Å². The molecule has 4 aromatic heterocycles. The minimum Gasteiger partial charge on any atom is -0.456 e. The van der Waals surface area contributed by atoms with Crippen LogP contribution in [0.1, 0.15) is 0 Å². The molecule has 0 amide bonds. The Labute approximate surface area is 342 Å². The summed E-state index contributed by atoms with van der Waals surface area (Å²) in [7, 11) is 0. The van der Waals surface area contributed by atoms with Crippen LogP contribution in [0.15, 0.2) is 192 Å². The van der Waals surface area contributed by atoms with Crippen LogP contribution in [0, 0.1) is 0 Å². The highest BCUT2D eigenvalue weighted by molar-refractivity contribution is 7.21. The molecule has 276 valence electrons. The second-order valence-electron chi connectivity index (χ2n) is 14.6. The van der Waals surface area contributed by atoms with Gasteiger partial charge in [-0.05, 0) is 65.7 Å². The Hall–Kier alpha value is -7.74. The Morgan fingerprint density at radius 3 is 1.83 bits per heavy atom. The standard InChI is InChI=1S/C52H31N5OS/c1-4-14-32(15-5-1)49-54-50(38-21-12-24-43-47(38)37-20-10-11-23-42(37)57(43)36-18-8-3-9-19-36)56-51(55-49)39-22-13-25-45-48(39)40-30-34(27-29-44(40)58-45)35-26-28-41-46(31-35)59-52(53-41)33-16-6-2-7-17-33/h1-31H. The number of rotatable bonds is 6. The third kappa shape index (κ3) is 5.55. The zero-order chi connectivity index (χ0) is 38.9. The molecule has 0 N–H and O–H groups in total. The lowest BCUT2D eigenvalue weighted by Gasteiger charge is -2.11. The summed E-state index contributed by atoms with van der Waals surface area (Å²) < 4.78 is 9.99. The van der Waals surface area contributed by atoms with Crippen LogP contribution in [-0.2, 0) is 0 Å². The third-order valence-electron chi connectivity index (χ3n) is 11.1. The predicted molar refractivity (Wildman–Crippen MR) is 242 cm³/mol. The smallest absolute Gasteiger partial charge is 0.164 e. The zero-order valence-corrected chi connectivity index (χ0v) is 32.3. The molecule has 7 heteroatoms. The van der Waals surface area contributed by atoms with Gasteiger partial charge in [0.15, 0.2) is 17.5 Å². The molecule has 0 saturated heterocycles.